The minimum atomic E-state index is 0. The van der Waals surface area contributed by atoms with Gasteiger partial charge in [-0.3, -0.25) is 4.99 Å². The second kappa shape index (κ2) is 11.6. The average Bonchev–Trinajstić information content (AvgIpc) is 3.20. The highest BCUT2D eigenvalue weighted by Crippen LogP contribution is 2.21. The average molecular weight is 520 g/mol. The van der Waals surface area contributed by atoms with E-state index < -0.39 is 0 Å². The van der Waals surface area contributed by atoms with Gasteiger partial charge in [0, 0.05) is 19.2 Å². The van der Waals surface area contributed by atoms with Gasteiger partial charge in [0.25, 0.3) is 0 Å². The first-order valence-corrected chi connectivity index (χ1v) is 9.69. The van der Waals surface area contributed by atoms with Crippen molar-refractivity contribution >= 4 is 29.9 Å². The lowest BCUT2D eigenvalue weighted by Crippen LogP contribution is -2.37. The molecule has 2 aromatic carbocycles. The van der Waals surface area contributed by atoms with Crippen LogP contribution in [0.25, 0.3) is 11.3 Å². The van der Waals surface area contributed by atoms with E-state index in [9.17, 15) is 0 Å². The van der Waals surface area contributed by atoms with Crippen molar-refractivity contribution in [2.45, 2.75) is 26.8 Å². The van der Waals surface area contributed by atoms with Crippen LogP contribution in [0.2, 0.25) is 0 Å². The maximum atomic E-state index is 5.85. The van der Waals surface area contributed by atoms with Gasteiger partial charge in [0.15, 0.2) is 11.7 Å². The van der Waals surface area contributed by atoms with Crippen LogP contribution in [0.4, 0.5) is 0 Å². The van der Waals surface area contributed by atoms with Crippen LogP contribution < -0.4 is 15.4 Å². The summed E-state index contributed by atoms with van der Waals surface area (Å²) in [4.78, 5) is 8.62. The molecule has 7 heteroatoms. The van der Waals surface area contributed by atoms with Crippen LogP contribution in [0.5, 0.6) is 5.75 Å². The van der Waals surface area contributed by atoms with Crippen molar-refractivity contribution < 1.29 is 9.15 Å². The third-order valence-corrected chi connectivity index (χ3v) is 4.64. The number of rotatable bonds is 7. The van der Waals surface area contributed by atoms with Gasteiger partial charge in [-0.15, -0.1) is 24.0 Å². The third-order valence-electron chi connectivity index (χ3n) is 4.64. The van der Waals surface area contributed by atoms with Gasteiger partial charge in [-0.2, -0.15) is 0 Å². The van der Waals surface area contributed by atoms with Crippen LogP contribution in [0, 0.1) is 13.8 Å². The molecule has 1 aromatic heterocycles. The molecule has 160 valence electrons. The van der Waals surface area contributed by atoms with E-state index in [1.807, 2.05) is 18.2 Å². The normalized spacial score (nSPS) is 11.0. The minimum Gasteiger partial charge on any atom is -0.496 e. The lowest BCUT2D eigenvalue weighted by atomic mass is 10.1. The monoisotopic (exact) mass is 520 g/mol. The molecule has 0 bridgehead atoms. The quantitative estimate of drug-likeness (QED) is 0.273. The molecule has 0 spiro atoms. The largest absolute Gasteiger partial charge is 0.496 e. The number of benzene rings is 2. The van der Waals surface area contributed by atoms with Crippen molar-refractivity contribution in [3.05, 3.63) is 71.2 Å². The van der Waals surface area contributed by atoms with E-state index in [2.05, 4.69) is 58.7 Å². The van der Waals surface area contributed by atoms with Crippen molar-refractivity contribution in [2.24, 2.45) is 4.99 Å². The number of halogens is 1. The van der Waals surface area contributed by atoms with Gasteiger partial charge in [-0.05, 0) is 31.9 Å². The van der Waals surface area contributed by atoms with Crippen molar-refractivity contribution in [2.75, 3.05) is 20.7 Å². The number of hydrogen-bond acceptors (Lipinski definition) is 4. The van der Waals surface area contributed by atoms with Crippen LogP contribution in [0.15, 0.2) is 58.1 Å². The van der Waals surface area contributed by atoms with E-state index in [0.717, 1.165) is 30.0 Å². The molecule has 3 rings (SSSR count). The summed E-state index contributed by atoms with van der Waals surface area (Å²) in [5, 5.41) is 6.55. The van der Waals surface area contributed by atoms with Crippen molar-refractivity contribution in [1.29, 1.82) is 0 Å². The Labute approximate surface area is 195 Å². The van der Waals surface area contributed by atoms with Gasteiger partial charge in [-0.1, -0.05) is 47.5 Å². The maximum Gasteiger partial charge on any atom is 0.214 e. The van der Waals surface area contributed by atoms with Crippen molar-refractivity contribution in [1.82, 2.24) is 15.6 Å². The summed E-state index contributed by atoms with van der Waals surface area (Å²) in [6.07, 6.45) is 2.59. The summed E-state index contributed by atoms with van der Waals surface area (Å²) in [5.74, 6) is 2.98. The number of aryl methyl sites for hydroxylation is 2. The van der Waals surface area contributed by atoms with Gasteiger partial charge < -0.3 is 19.8 Å². The summed E-state index contributed by atoms with van der Waals surface area (Å²) < 4.78 is 11.3. The van der Waals surface area contributed by atoms with E-state index in [0.29, 0.717) is 18.4 Å². The third kappa shape index (κ3) is 6.48. The molecule has 0 unspecified atom stereocenters. The Kier molecular flexibility index (Phi) is 9.16. The zero-order valence-corrected chi connectivity index (χ0v) is 20.2. The van der Waals surface area contributed by atoms with Gasteiger partial charge >= 0.3 is 0 Å². The fraction of sp³-hybridized carbons (Fsp3) is 0.304. The molecule has 0 saturated carbocycles. The SMILES string of the molecule is CN=C(NCCc1cc(C)ccc1OC)NCc1ncc(-c2ccc(C)cc2)o1.I. The van der Waals surface area contributed by atoms with Crippen LogP contribution in [0.3, 0.4) is 0 Å². The predicted octanol–water partition coefficient (Wildman–Crippen LogP) is 4.49. The van der Waals surface area contributed by atoms with Gasteiger partial charge in [0.2, 0.25) is 5.89 Å². The molecule has 0 fully saturated rings. The summed E-state index contributed by atoms with van der Waals surface area (Å²) in [5.41, 5.74) is 4.62. The first kappa shape index (κ1) is 23.7. The molecule has 0 saturated heterocycles. The van der Waals surface area contributed by atoms with Crippen molar-refractivity contribution in [3.8, 4) is 17.1 Å². The topological polar surface area (TPSA) is 71.7 Å². The fourth-order valence-corrected chi connectivity index (χ4v) is 3.04. The predicted molar refractivity (Wildman–Crippen MR) is 132 cm³/mol. The first-order valence-electron chi connectivity index (χ1n) is 9.69. The Bertz CT molecular complexity index is 968. The zero-order chi connectivity index (χ0) is 20.6. The van der Waals surface area contributed by atoms with Crippen LogP contribution in [-0.2, 0) is 13.0 Å². The van der Waals surface area contributed by atoms with Crippen LogP contribution >= 0.6 is 24.0 Å². The molecule has 30 heavy (non-hydrogen) atoms. The van der Waals surface area contributed by atoms with Gasteiger partial charge in [0.05, 0.1) is 19.9 Å². The Hall–Kier alpha value is -2.55. The summed E-state index contributed by atoms with van der Waals surface area (Å²) >= 11 is 0. The number of nitrogens with one attached hydrogen (secondary N) is 2. The molecule has 0 aliphatic carbocycles. The lowest BCUT2D eigenvalue weighted by molar-refractivity contribution is 0.409. The van der Waals surface area contributed by atoms with E-state index in [1.165, 1.54) is 16.7 Å². The summed E-state index contributed by atoms with van der Waals surface area (Å²) in [6, 6.07) is 14.4. The smallest absolute Gasteiger partial charge is 0.214 e. The number of nitrogens with zero attached hydrogens (tertiary/aromatic N) is 2. The fourth-order valence-electron chi connectivity index (χ4n) is 3.04. The number of oxazole rings is 1. The molecule has 0 aliphatic heterocycles. The van der Waals surface area contributed by atoms with Gasteiger partial charge in [0.1, 0.15) is 5.75 Å². The van der Waals surface area contributed by atoms with E-state index >= 15 is 0 Å². The van der Waals surface area contributed by atoms with Gasteiger partial charge in [-0.25, -0.2) is 4.98 Å². The number of methoxy groups -OCH3 is 1. The molecule has 1 heterocycles. The molecular weight excluding hydrogens is 491 g/mol. The second-order valence-electron chi connectivity index (χ2n) is 6.90. The van der Waals surface area contributed by atoms with E-state index in [4.69, 9.17) is 9.15 Å². The lowest BCUT2D eigenvalue weighted by Gasteiger charge is -2.13. The molecule has 6 nitrogen and oxygen atoms in total. The Morgan fingerprint density at radius 2 is 1.80 bits per heavy atom. The van der Waals surface area contributed by atoms with E-state index in [1.54, 1.807) is 20.4 Å². The standard InChI is InChI=1S/C23H28N4O2.HI/c1-16-5-8-18(9-6-16)21-14-26-22(29-21)15-27-23(24-3)25-12-11-19-13-17(2)7-10-20(19)28-4;/h5-10,13-14H,11-12,15H2,1-4H3,(H2,24,25,27);1H. The highest BCUT2D eigenvalue weighted by molar-refractivity contribution is 14.0. The number of hydrogen-bond donors (Lipinski definition) is 2. The number of aromatic nitrogens is 1. The number of ether oxygens (including phenoxy) is 1. The highest BCUT2D eigenvalue weighted by atomic mass is 127. The molecule has 3 aromatic rings. The number of guanidine groups is 1. The van der Waals surface area contributed by atoms with E-state index in [-0.39, 0.29) is 24.0 Å². The summed E-state index contributed by atoms with van der Waals surface area (Å²) in [6.45, 7) is 5.34. The zero-order valence-electron chi connectivity index (χ0n) is 17.9. The Balaban J connectivity index is 0.00000320. The second-order valence-corrected chi connectivity index (χ2v) is 6.90. The van der Waals surface area contributed by atoms with Crippen molar-refractivity contribution in [3.63, 3.8) is 0 Å². The summed E-state index contributed by atoms with van der Waals surface area (Å²) in [7, 11) is 3.44. The molecule has 2 N–H and O–H groups in total. The maximum absolute atomic E-state index is 5.85. The number of aliphatic imine (C=N–C) groups is 1. The van der Waals surface area contributed by atoms with Crippen LogP contribution in [-0.4, -0.2) is 31.6 Å². The molecule has 0 aliphatic rings. The molecule has 0 radical (unpaired) electrons. The minimum absolute atomic E-state index is 0. The Morgan fingerprint density at radius 3 is 2.50 bits per heavy atom. The molecule has 0 amide bonds. The molecular formula is C23H29IN4O2. The van der Waals surface area contributed by atoms with Crippen LogP contribution in [0.1, 0.15) is 22.6 Å². The highest BCUT2D eigenvalue weighted by Gasteiger charge is 2.08. The Morgan fingerprint density at radius 1 is 1.07 bits per heavy atom. The first-order chi connectivity index (χ1) is 14.1. The molecule has 0 atom stereocenters.